The van der Waals surface area contributed by atoms with Gasteiger partial charge < -0.3 is 20.2 Å². The van der Waals surface area contributed by atoms with Gasteiger partial charge in [-0.3, -0.25) is 4.79 Å². The SMILES string of the molecule is COc1cc(Oc2ccccc2F)cnc1C(=O)c1c[nH]c2nccc(N)c12. The van der Waals surface area contributed by atoms with Gasteiger partial charge in [0.2, 0.25) is 5.78 Å². The zero-order valence-electron chi connectivity index (χ0n) is 14.8. The first-order valence-corrected chi connectivity index (χ1v) is 8.31. The molecule has 0 atom stereocenters. The van der Waals surface area contributed by atoms with Crippen LogP contribution in [0, 0.1) is 5.82 Å². The number of methoxy groups -OCH3 is 1. The zero-order chi connectivity index (χ0) is 19.7. The fraction of sp³-hybridized carbons (Fsp3) is 0.0500. The summed E-state index contributed by atoms with van der Waals surface area (Å²) in [6.45, 7) is 0. The number of ketones is 1. The molecule has 3 aromatic heterocycles. The Morgan fingerprint density at radius 1 is 1.18 bits per heavy atom. The maximum absolute atomic E-state index is 13.8. The standard InChI is InChI=1S/C20H15FN4O3/c1-27-16-8-11(28-15-5-3-2-4-13(15)21)9-24-18(16)19(26)12-10-25-20-17(12)14(22)6-7-23-20/h2-10H,1H3,(H3,22,23,25). The summed E-state index contributed by atoms with van der Waals surface area (Å²) in [5.74, 6) is -0.432. The van der Waals surface area contributed by atoms with Gasteiger partial charge >= 0.3 is 0 Å². The van der Waals surface area contributed by atoms with Crippen LogP contribution in [0.1, 0.15) is 16.1 Å². The molecule has 0 aliphatic heterocycles. The lowest BCUT2D eigenvalue weighted by atomic mass is 10.1. The van der Waals surface area contributed by atoms with Crippen LogP contribution in [0.25, 0.3) is 11.0 Å². The Kier molecular flexibility index (Phi) is 4.36. The lowest BCUT2D eigenvalue weighted by Crippen LogP contribution is -2.07. The predicted molar refractivity (Wildman–Crippen MR) is 101 cm³/mol. The number of nitrogens with zero attached hydrogens (tertiary/aromatic N) is 2. The molecule has 28 heavy (non-hydrogen) atoms. The van der Waals surface area contributed by atoms with Gasteiger partial charge in [0.1, 0.15) is 11.4 Å². The molecular formula is C20H15FN4O3. The van der Waals surface area contributed by atoms with E-state index in [-0.39, 0.29) is 28.7 Å². The minimum atomic E-state index is -0.511. The molecule has 0 spiro atoms. The molecule has 4 rings (SSSR count). The fourth-order valence-electron chi connectivity index (χ4n) is 2.85. The van der Waals surface area contributed by atoms with Gasteiger partial charge in [-0.25, -0.2) is 14.4 Å². The van der Waals surface area contributed by atoms with Crippen LogP contribution in [-0.4, -0.2) is 27.8 Å². The highest BCUT2D eigenvalue weighted by molar-refractivity contribution is 6.18. The van der Waals surface area contributed by atoms with Gasteiger partial charge in [0.05, 0.1) is 24.3 Å². The van der Waals surface area contributed by atoms with Crippen LogP contribution in [0.3, 0.4) is 0 Å². The Hall–Kier alpha value is -3.94. The van der Waals surface area contributed by atoms with E-state index in [1.165, 1.54) is 37.7 Å². The van der Waals surface area contributed by atoms with Crippen molar-refractivity contribution in [2.75, 3.05) is 12.8 Å². The minimum Gasteiger partial charge on any atom is -0.494 e. The molecular weight excluding hydrogens is 363 g/mol. The summed E-state index contributed by atoms with van der Waals surface area (Å²) >= 11 is 0. The molecule has 0 bridgehead atoms. The number of fused-ring (bicyclic) bond motifs is 1. The summed E-state index contributed by atoms with van der Waals surface area (Å²) in [5, 5.41) is 0.517. The molecule has 4 aromatic rings. The van der Waals surface area contributed by atoms with Crippen molar-refractivity contribution in [3.05, 3.63) is 72.1 Å². The van der Waals surface area contributed by atoms with Crippen LogP contribution in [0.4, 0.5) is 10.1 Å². The third-order valence-corrected chi connectivity index (χ3v) is 4.18. The first kappa shape index (κ1) is 17.5. The number of carbonyl (C=O) groups excluding carboxylic acids is 1. The number of ether oxygens (including phenoxy) is 2. The van der Waals surface area contributed by atoms with Crippen LogP contribution < -0.4 is 15.2 Å². The second-order valence-electron chi connectivity index (χ2n) is 5.91. The topological polar surface area (TPSA) is 103 Å². The quantitative estimate of drug-likeness (QED) is 0.513. The third-order valence-electron chi connectivity index (χ3n) is 4.18. The number of nitrogens with two attached hydrogens (primary N) is 1. The van der Waals surface area contributed by atoms with Gasteiger partial charge in [-0.2, -0.15) is 0 Å². The van der Waals surface area contributed by atoms with Crippen molar-refractivity contribution in [3.63, 3.8) is 0 Å². The van der Waals surface area contributed by atoms with E-state index in [0.717, 1.165) is 0 Å². The van der Waals surface area contributed by atoms with Crippen molar-refractivity contribution < 1.29 is 18.7 Å². The number of H-pyrrole nitrogens is 1. The molecule has 7 nitrogen and oxygen atoms in total. The number of nitrogens with one attached hydrogen (secondary N) is 1. The number of anilines is 1. The molecule has 8 heteroatoms. The van der Waals surface area contributed by atoms with E-state index in [9.17, 15) is 9.18 Å². The molecule has 3 heterocycles. The zero-order valence-corrected chi connectivity index (χ0v) is 14.8. The normalized spacial score (nSPS) is 10.8. The molecule has 0 amide bonds. The average Bonchev–Trinajstić information content (AvgIpc) is 3.15. The monoisotopic (exact) mass is 378 g/mol. The lowest BCUT2D eigenvalue weighted by molar-refractivity contribution is 0.103. The van der Waals surface area contributed by atoms with Crippen molar-refractivity contribution >= 4 is 22.5 Å². The number of aromatic nitrogens is 3. The van der Waals surface area contributed by atoms with Crippen molar-refractivity contribution in [3.8, 4) is 17.2 Å². The summed E-state index contributed by atoms with van der Waals surface area (Å²) in [4.78, 5) is 24.3. The highest BCUT2D eigenvalue weighted by Gasteiger charge is 2.22. The third kappa shape index (κ3) is 3.01. The number of nitrogen functional groups attached to an aromatic ring is 1. The Bertz CT molecular complexity index is 1190. The van der Waals surface area contributed by atoms with Gasteiger partial charge in [-0.1, -0.05) is 12.1 Å². The molecule has 140 valence electrons. The summed E-state index contributed by atoms with van der Waals surface area (Å²) < 4.78 is 24.6. The van der Waals surface area contributed by atoms with Crippen molar-refractivity contribution in [2.24, 2.45) is 0 Å². The van der Waals surface area contributed by atoms with Crippen LogP contribution in [0.5, 0.6) is 17.2 Å². The van der Waals surface area contributed by atoms with E-state index in [2.05, 4.69) is 15.0 Å². The molecule has 0 unspecified atom stereocenters. The van der Waals surface area contributed by atoms with Gasteiger partial charge in [-0.15, -0.1) is 0 Å². The first-order valence-electron chi connectivity index (χ1n) is 8.31. The molecule has 0 radical (unpaired) electrons. The van der Waals surface area contributed by atoms with E-state index in [4.69, 9.17) is 15.2 Å². The average molecular weight is 378 g/mol. The molecule has 0 saturated heterocycles. The summed E-state index contributed by atoms with van der Waals surface area (Å²) in [6.07, 6.45) is 4.41. The number of hydrogen-bond acceptors (Lipinski definition) is 6. The fourth-order valence-corrected chi connectivity index (χ4v) is 2.85. The van der Waals surface area contributed by atoms with E-state index in [1.54, 1.807) is 24.4 Å². The summed E-state index contributed by atoms with van der Waals surface area (Å²) in [7, 11) is 1.41. The number of rotatable bonds is 5. The number of aromatic amines is 1. The van der Waals surface area contributed by atoms with Crippen LogP contribution in [0.15, 0.2) is 55.0 Å². The minimum absolute atomic E-state index is 0.0425. The Balaban J connectivity index is 1.71. The number of benzene rings is 1. The highest BCUT2D eigenvalue weighted by atomic mass is 19.1. The first-order chi connectivity index (χ1) is 13.6. The molecule has 0 fully saturated rings. The van der Waals surface area contributed by atoms with Crippen molar-refractivity contribution in [1.82, 2.24) is 15.0 Å². The maximum atomic E-state index is 13.8. The van der Waals surface area contributed by atoms with Gasteiger partial charge in [0.25, 0.3) is 0 Å². The Labute approximate surface area is 158 Å². The van der Waals surface area contributed by atoms with Gasteiger partial charge in [0.15, 0.2) is 23.0 Å². The largest absolute Gasteiger partial charge is 0.494 e. The summed E-state index contributed by atoms with van der Waals surface area (Å²) in [5.41, 5.74) is 7.32. The molecule has 0 aliphatic rings. The van der Waals surface area contributed by atoms with E-state index < -0.39 is 5.82 Å². The lowest BCUT2D eigenvalue weighted by Gasteiger charge is -2.10. The molecule has 0 aliphatic carbocycles. The number of pyridine rings is 2. The highest BCUT2D eigenvalue weighted by Crippen LogP contribution is 2.31. The molecule has 1 aromatic carbocycles. The van der Waals surface area contributed by atoms with E-state index >= 15 is 0 Å². The number of para-hydroxylation sites is 1. The van der Waals surface area contributed by atoms with Gasteiger partial charge in [0, 0.05) is 24.1 Å². The van der Waals surface area contributed by atoms with Crippen LogP contribution >= 0.6 is 0 Å². The Morgan fingerprint density at radius 3 is 2.79 bits per heavy atom. The van der Waals surface area contributed by atoms with Gasteiger partial charge in [-0.05, 0) is 18.2 Å². The van der Waals surface area contributed by atoms with Crippen LogP contribution in [0.2, 0.25) is 0 Å². The molecule has 3 N–H and O–H groups in total. The second-order valence-corrected chi connectivity index (χ2v) is 5.91. The van der Waals surface area contributed by atoms with Crippen molar-refractivity contribution in [1.29, 1.82) is 0 Å². The second kappa shape index (κ2) is 6.99. The van der Waals surface area contributed by atoms with E-state index in [1.807, 2.05) is 0 Å². The number of hydrogen-bond donors (Lipinski definition) is 2. The van der Waals surface area contributed by atoms with E-state index in [0.29, 0.717) is 22.3 Å². The maximum Gasteiger partial charge on any atom is 0.217 e. The number of halogens is 1. The van der Waals surface area contributed by atoms with Crippen LogP contribution in [-0.2, 0) is 0 Å². The number of carbonyl (C=O) groups is 1. The predicted octanol–water partition coefficient (Wildman–Crippen LogP) is 3.71. The smallest absolute Gasteiger partial charge is 0.217 e. The van der Waals surface area contributed by atoms with Crippen molar-refractivity contribution in [2.45, 2.75) is 0 Å². The molecule has 0 saturated carbocycles. The Morgan fingerprint density at radius 2 is 2.00 bits per heavy atom. The summed E-state index contributed by atoms with van der Waals surface area (Å²) in [6, 6.07) is 9.07.